The Kier molecular flexibility index (Phi) is 4.67. The van der Waals surface area contributed by atoms with Crippen LogP contribution in [0.3, 0.4) is 0 Å². The van der Waals surface area contributed by atoms with Crippen molar-refractivity contribution in [3.63, 3.8) is 0 Å². The molecule has 0 aliphatic heterocycles. The molecule has 0 N–H and O–H groups in total. The molecule has 0 unspecified atom stereocenters. The minimum absolute atomic E-state index is 0.108. The molecule has 0 radical (unpaired) electrons. The summed E-state index contributed by atoms with van der Waals surface area (Å²) in [6, 6.07) is 13.1. The van der Waals surface area contributed by atoms with Crippen molar-refractivity contribution >= 4 is 28.5 Å². The number of aryl methyl sites for hydroxylation is 1. The first-order chi connectivity index (χ1) is 13.5. The molecule has 0 atom stereocenters. The largest absolute Gasteiger partial charge is 0.450 e. The second kappa shape index (κ2) is 7.28. The number of ether oxygens (including phenoxy) is 1. The van der Waals surface area contributed by atoms with E-state index in [1.54, 1.807) is 42.5 Å². The third-order valence-corrected chi connectivity index (χ3v) is 4.22. The van der Waals surface area contributed by atoms with Crippen molar-refractivity contribution in [2.45, 2.75) is 13.5 Å². The highest BCUT2D eigenvalue weighted by Crippen LogP contribution is 2.21. The summed E-state index contributed by atoms with van der Waals surface area (Å²) in [7, 11) is 0. The van der Waals surface area contributed by atoms with E-state index in [1.807, 2.05) is 6.92 Å². The number of hydrogen-bond acceptors (Lipinski definition) is 7. The summed E-state index contributed by atoms with van der Waals surface area (Å²) in [5.41, 5.74) is 1.60. The lowest BCUT2D eigenvalue weighted by Crippen LogP contribution is -2.10. The van der Waals surface area contributed by atoms with Gasteiger partial charge in [0.05, 0.1) is 5.39 Å². The SMILES string of the molecule is Cc1ccc2oc(C(=O)OCc3nnc(-c4ccc(Cl)cc4)o3)cc(=O)c2c1. The summed E-state index contributed by atoms with van der Waals surface area (Å²) < 4.78 is 16.1. The van der Waals surface area contributed by atoms with Crippen LogP contribution in [0.15, 0.2) is 62.2 Å². The third-order valence-electron chi connectivity index (χ3n) is 3.97. The molecule has 4 aromatic rings. The number of esters is 1. The predicted molar refractivity (Wildman–Crippen MR) is 101 cm³/mol. The summed E-state index contributed by atoms with van der Waals surface area (Å²) in [4.78, 5) is 24.4. The van der Waals surface area contributed by atoms with Crippen molar-refractivity contribution in [3.05, 3.63) is 81.0 Å². The quantitative estimate of drug-likeness (QED) is 0.478. The molecule has 28 heavy (non-hydrogen) atoms. The van der Waals surface area contributed by atoms with Gasteiger partial charge in [-0.1, -0.05) is 23.2 Å². The minimum atomic E-state index is -0.800. The number of rotatable bonds is 4. The standard InChI is InChI=1S/C20H13ClN2O5/c1-11-2-7-16-14(8-11)15(24)9-17(27-16)20(25)26-10-18-22-23-19(28-18)12-3-5-13(21)6-4-12/h2-9H,10H2,1H3. The Labute approximate surface area is 163 Å². The fourth-order valence-electron chi connectivity index (χ4n) is 2.59. The van der Waals surface area contributed by atoms with Gasteiger partial charge in [-0.3, -0.25) is 4.79 Å². The Morgan fingerprint density at radius 2 is 1.86 bits per heavy atom. The van der Waals surface area contributed by atoms with Crippen molar-refractivity contribution in [1.82, 2.24) is 10.2 Å². The number of carbonyl (C=O) groups is 1. The van der Waals surface area contributed by atoms with Gasteiger partial charge in [0.1, 0.15) is 5.58 Å². The number of aromatic nitrogens is 2. The van der Waals surface area contributed by atoms with Crippen LogP contribution in [0.25, 0.3) is 22.4 Å². The lowest BCUT2D eigenvalue weighted by Gasteiger charge is -2.03. The molecule has 7 nitrogen and oxygen atoms in total. The first-order valence-electron chi connectivity index (χ1n) is 8.29. The molecular formula is C20H13ClN2O5. The van der Waals surface area contributed by atoms with Crippen LogP contribution in [0.5, 0.6) is 0 Å². The van der Waals surface area contributed by atoms with E-state index in [-0.39, 0.29) is 29.6 Å². The fourth-order valence-corrected chi connectivity index (χ4v) is 2.72. The molecule has 0 bridgehead atoms. The van der Waals surface area contributed by atoms with E-state index in [9.17, 15) is 9.59 Å². The van der Waals surface area contributed by atoms with Crippen LogP contribution in [0.4, 0.5) is 0 Å². The number of halogens is 1. The molecule has 0 fully saturated rings. The van der Waals surface area contributed by atoms with Gasteiger partial charge in [0.15, 0.2) is 12.0 Å². The molecule has 0 aliphatic carbocycles. The van der Waals surface area contributed by atoms with Gasteiger partial charge in [-0.2, -0.15) is 0 Å². The van der Waals surface area contributed by atoms with Gasteiger partial charge in [-0.25, -0.2) is 4.79 Å². The monoisotopic (exact) mass is 396 g/mol. The molecule has 0 aliphatic rings. The van der Waals surface area contributed by atoms with E-state index in [0.29, 0.717) is 21.6 Å². The van der Waals surface area contributed by atoms with Crippen molar-refractivity contribution in [3.8, 4) is 11.5 Å². The molecule has 140 valence electrons. The summed E-state index contributed by atoms with van der Waals surface area (Å²) in [5, 5.41) is 8.74. The summed E-state index contributed by atoms with van der Waals surface area (Å²) >= 11 is 5.85. The van der Waals surface area contributed by atoms with E-state index in [0.717, 1.165) is 11.6 Å². The zero-order chi connectivity index (χ0) is 19.7. The molecule has 0 saturated carbocycles. The van der Waals surface area contributed by atoms with Crippen molar-refractivity contribution in [2.75, 3.05) is 0 Å². The molecule has 0 amide bonds. The van der Waals surface area contributed by atoms with Gasteiger partial charge in [0.25, 0.3) is 5.89 Å². The Balaban J connectivity index is 1.49. The highest BCUT2D eigenvalue weighted by Gasteiger charge is 2.16. The van der Waals surface area contributed by atoms with Crippen molar-refractivity contribution < 1.29 is 18.4 Å². The van der Waals surface area contributed by atoms with Crippen LogP contribution in [0, 0.1) is 6.92 Å². The van der Waals surface area contributed by atoms with E-state index < -0.39 is 5.97 Å². The Morgan fingerprint density at radius 1 is 1.07 bits per heavy atom. The first kappa shape index (κ1) is 17.9. The van der Waals surface area contributed by atoms with Crippen LogP contribution in [-0.4, -0.2) is 16.2 Å². The first-order valence-corrected chi connectivity index (χ1v) is 8.67. The van der Waals surface area contributed by atoms with E-state index in [4.69, 9.17) is 25.2 Å². The maximum atomic E-state index is 12.2. The highest BCUT2D eigenvalue weighted by molar-refractivity contribution is 6.30. The van der Waals surface area contributed by atoms with E-state index in [2.05, 4.69) is 10.2 Å². The van der Waals surface area contributed by atoms with Gasteiger partial charge in [-0.05, 0) is 43.3 Å². The zero-order valence-corrected chi connectivity index (χ0v) is 15.4. The highest BCUT2D eigenvalue weighted by atomic mass is 35.5. The van der Waals surface area contributed by atoms with Crippen LogP contribution >= 0.6 is 11.6 Å². The lowest BCUT2D eigenvalue weighted by molar-refractivity contribution is 0.0403. The van der Waals surface area contributed by atoms with Crippen molar-refractivity contribution in [2.24, 2.45) is 0 Å². The van der Waals surface area contributed by atoms with Crippen LogP contribution in [-0.2, 0) is 11.3 Å². The molecule has 0 saturated heterocycles. The second-order valence-electron chi connectivity index (χ2n) is 6.06. The van der Waals surface area contributed by atoms with Gasteiger partial charge >= 0.3 is 5.97 Å². The van der Waals surface area contributed by atoms with Crippen LogP contribution in [0.2, 0.25) is 5.02 Å². The molecule has 4 rings (SSSR count). The average Bonchev–Trinajstić information content (AvgIpc) is 3.16. The number of hydrogen-bond donors (Lipinski definition) is 0. The smallest absolute Gasteiger partial charge is 0.374 e. The molecule has 2 heterocycles. The van der Waals surface area contributed by atoms with E-state index >= 15 is 0 Å². The average molecular weight is 397 g/mol. The number of benzene rings is 2. The minimum Gasteiger partial charge on any atom is -0.450 e. The summed E-state index contributed by atoms with van der Waals surface area (Å²) in [5.74, 6) is -0.614. The normalized spacial score (nSPS) is 10.9. The van der Waals surface area contributed by atoms with Gasteiger partial charge in [-0.15, -0.1) is 10.2 Å². The predicted octanol–water partition coefficient (Wildman–Crippen LogP) is 4.16. The Bertz CT molecular complexity index is 1230. The maximum Gasteiger partial charge on any atom is 0.374 e. The molecule has 8 heteroatoms. The topological polar surface area (TPSA) is 95.4 Å². The molecular weight excluding hydrogens is 384 g/mol. The molecule has 0 spiro atoms. The van der Waals surface area contributed by atoms with Gasteiger partial charge < -0.3 is 13.6 Å². The zero-order valence-electron chi connectivity index (χ0n) is 14.6. The number of carbonyl (C=O) groups excluding carboxylic acids is 1. The lowest BCUT2D eigenvalue weighted by atomic mass is 10.1. The van der Waals surface area contributed by atoms with Gasteiger partial charge in [0, 0.05) is 16.7 Å². The number of fused-ring (bicyclic) bond motifs is 1. The van der Waals surface area contributed by atoms with E-state index in [1.165, 1.54) is 0 Å². The Morgan fingerprint density at radius 3 is 2.64 bits per heavy atom. The van der Waals surface area contributed by atoms with Crippen molar-refractivity contribution in [1.29, 1.82) is 0 Å². The van der Waals surface area contributed by atoms with Gasteiger partial charge in [0.2, 0.25) is 11.7 Å². The second-order valence-corrected chi connectivity index (χ2v) is 6.49. The van der Waals surface area contributed by atoms with Crippen LogP contribution in [0.1, 0.15) is 22.0 Å². The molecule has 2 aromatic heterocycles. The third kappa shape index (κ3) is 3.65. The fraction of sp³-hybridized carbons (Fsp3) is 0.100. The molecule has 2 aromatic carbocycles. The summed E-state index contributed by atoms with van der Waals surface area (Å²) in [6.45, 7) is 1.61. The number of nitrogens with zero attached hydrogens (tertiary/aromatic N) is 2. The Hall–Kier alpha value is -3.45. The summed E-state index contributed by atoms with van der Waals surface area (Å²) in [6.07, 6.45) is 0. The maximum absolute atomic E-state index is 12.2. The van der Waals surface area contributed by atoms with Crippen LogP contribution < -0.4 is 5.43 Å².